The molecular weight excluding hydrogens is 456 g/mol. The Kier molecular flexibility index (Phi) is 6.65. The molecule has 0 bridgehead atoms. The van der Waals surface area contributed by atoms with Gasteiger partial charge < -0.3 is 18.9 Å². The average Bonchev–Trinajstić information content (AvgIpc) is 3.35. The topological polar surface area (TPSA) is 86.7 Å². The lowest BCUT2D eigenvalue weighted by atomic mass is 9.98. The monoisotopic (exact) mass is 482 g/mol. The second-order valence-corrected chi connectivity index (χ2v) is 9.36. The van der Waals surface area contributed by atoms with E-state index in [2.05, 4.69) is 5.10 Å². The third-order valence-corrected chi connectivity index (χ3v) is 7.34. The summed E-state index contributed by atoms with van der Waals surface area (Å²) in [4.78, 5) is 0.148. The first-order valence-corrected chi connectivity index (χ1v) is 12.0. The van der Waals surface area contributed by atoms with Crippen LogP contribution in [0.25, 0.3) is 0 Å². The Labute approximate surface area is 199 Å². The first kappa shape index (κ1) is 23.4. The fourth-order valence-corrected chi connectivity index (χ4v) is 5.34. The summed E-state index contributed by atoms with van der Waals surface area (Å²) in [5.41, 5.74) is 1.93. The van der Waals surface area contributed by atoms with E-state index in [1.54, 1.807) is 95.2 Å². The molecule has 4 rings (SSSR count). The smallest absolute Gasteiger partial charge is 0.279 e. The number of ether oxygens (including phenoxy) is 4. The number of nitrogens with zero attached hydrogens (tertiary/aromatic N) is 2. The normalized spacial score (nSPS) is 15.6. The Morgan fingerprint density at radius 3 is 2.03 bits per heavy atom. The van der Waals surface area contributed by atoms with Crippen LogP contribution in [0.2, 0.25) is 0 Å². The highest BCUT2D eigenvalue weighted by atomic mass is 32.2. The summed E-state index contributed by atoms with van der Waals surface area (Å²) < 4.78 is 50.3. The van der Waals surface area contributed by atoms with Crippen molar-refractivity contribution < 1.29 is 27.4 Å². The van der Waals surface area contributed by atoms with E-state index in [0.29, 0.717) is 46.3 Å². The molecule has 0 unspecified atom stereocenters. The minimum Gasteiger partial charge on any atom is -0.497 e. The fraction of sp³-hybridized carbons (Fsp3) is 0.240. The van der Waals surface area contributed by atoms with Crippen LogP contribution in [0.5, 0.6) is 23.0 Å². The maximum atomic E-state index is 13.7. The number of hydrogen-bond donors (Lipinski definition) is 0. The Hall–Kier alpha value is -3.72. The van der Waals surface area contributed by atoms with Crippen molar-refractivity contribution in [1.29, 1.82) is 0 Å². The summed E-state index contributed by atoms with van der Waals surface area (Å²) in [5.74, 6) is 2.29. The van der Waals surface area contributed by atoms with Crippen LogP contribution in [0.1, 0.15) is 23.6 Å². The molecule has 0 aliphatic carbocycles. The van der Waals surface area contributed by atoms with Crippen LogP contribution in [0.3, 0.4) is 0 Å². The Morgan fingerprint density at radius 1 is 0.794 bits per heavy atom. The molecule has 1 aliphatic rings. The first-order chi connectivity index (χ1) is 16.4. The van der Waals surface area contributed by atoms with Crippen molar-refractivity contribution >= 4 is 15.7 Å². The quantitative estimate of drug-likeness (QED) is 0.477. The van der Waals surface area contributed by atoms with Gasteiger partial charge in [0.25, 0.3) is 10.0 Å². The molecular formula is C25H26N2O6S. The maximum absolute atomic E-state index is 13.7. The molecule has 8 nitrogen and oxygen atoms in total. The zero-order chi connectivity index (χ0) is 24.3. The van der Waals surface area contributed by atoms with Gasteiger partial charge in [0.1, 0.15) is 23.0 Å². The van der Waals surface area contributed by atoms with Crippen LogP contribution in [0.15, 0.2) is 76.7 Å². The zero-order valence-electron chi connectivity index (χ0n) is 19.4. The van der Waals surface area contributed by atoms with Crippen LogP contribution in [0.4, 0.5) is 0 Å². The van der Waals surface area contributed by atoms with E-state index >= 15 is 0 Å². The number of hydrogen-bond acceptors (Lipinski definition) is 7. The molecule has 178 valence electrons. The van der Waals surface area contributed by atoms with Gasteiger partial charge in [0.15, 0.2) is 0 Å². The van der Waals surface area contributed by atoms with Crippen LogP contribution < -0.4 is 18.9 Å². The van der Waals surface area contributed by atoms with Gasteiger partial charge in [-0.25, -0.2) is 0 Å². The maximum Gasteiger partial charge on any atom is 0.279 e. The van der Waals surface area contributed by atoms with Gasteiger partial charge in [-0.15, -0.1) is 0 Å². The first-order valence-electron chi connectivity index (χ1n) is 10.5. The highest BCUT2D eigenvalue weighted by Gasteiger charge is 2.39. The summed E-state index contributed by atoms with van der Waals surface area (Å²) in [6.45, 7) is 0. The van der Waals surface area contributed by atoms with Gasteiger partial charge in [-0.1, -0.05) is 18.2 Å². The number of sulfonamides is 1. The molecule has 3 aromatic carbocycles. The van der Waals surface area contributed by atoms with Gasteiger partial charge in [0, 0.05) is 23.6 Å². The third-order valence-electron chi connectivity index (χ3n) is 5.64. The van der Waals surface area contributed by atoms with E-state index in [0.717, 1.165) is 4.41 Å². The molecule has 0 saturated carbocycles. The molecule has 0 N–H and O–H groups in total. The van der Waals surface area contributed by atoms with Gasteiger partial charge in [-0.3, -0.25) is 0 Å². The summed E-state index contributed by atoms with van der Waals surface area (Å²) in [5, 5.41) is 4.60. The summed E-state index contributed by atoms with van der Waals surface area (Å²) in [7, 11) is 2.26. The van der Waals surface area contributed by atoms with Crippen LogP contribution in [0, 0.1) is 0 Å². The van der Waals surface area contributed by atoms with Gasteiger partial charge in [-0.05, 0) is 42.5 Å². The molecule has 1 heterocycles. The molecule has 0 saturated heterocycles. The van der Waals surface area contributed by atoms with Crippen molar-refractivity contribution in [1.82, 2.24) is 4.41 Å². The van der Waals surface area contributed by atoms with E-state index in [1.165, 1.54) is 0 Å². The van der Waals surface area contributed by atoms with Crippen molar-refractivity contribution in [3.63, 3.8) is 0 Å². The van der Waals surface area contributed by atoms with E-state index in [1.807, 2.05) is 0 Å². The molecule has 0 spiro atoms. The molecule has 9 heteroatoms. The number of benzene rings is 3. The molecule has 34 heavy (non-hydrogen) atoms. The minimum atomic E-state index is -3.97. The molecule has 1 atom stereocenters. The van der Waals surface area contributed by atoms with Crippen molar-refractivity contribution in [2.45, 2.75) is 17.4 Å². The molecule has 0 amide bonds. The van der Waals surface area contributed by atoms with Crippen molar-refractivity contribution in [2.75, 3.05) is 28.4 Å². The van der Waals surface area contributed by atoms with E-state index < -0.39 is 16.1 Å². The second-order valence-electron chi connectivity index (χ2n) is 7.57. The van der Waals surface area contributed by atoms with Gasteiger partial charge in [0.2, 0.25) is 0 Å². The fourth-order valence-electron chi connectivity index (χ4n) is 3.89. The van der Waals surface area contributed by atoms with Crippen molar-refractivity contribution in [3.8, 4) is 23.0 Å². The lowest BCUT2D eigenvalue weighted by molar-refractivity contribution is 0.346. The van der Waals surface area contributed by atoms with E-state index in [-0.39, 0.29) is 4.90 Å². The SMILES string of the molecule is COc1cc(OC)cc(C2=NN(S(=O)(=O)c3ccccc3)[C@H](c3cc(OC)ccc3OC)C2)c1. The number of methoxy groups -OCH3 is 4. The second kappa shape index (κ2) is 9.64. The molecule has 0 fully saturated rings. The minimum absolute atomic E-state index is 0.148. The van der Waals surface area contributed by atoms with Crippen molar-refractivity contribution in [2.24, 2.45) is 5.10 Å². The van der Waals surface area contributed by atoms with Gasteiger partial charge in [0.05, 0.1) is 45.1 Å². The largest absolute Gasteiger partial charge is 0.497 e. The molecule has 1 aliphatic heterocycles. The van der Waals surface area contributed by atoms with Gasteiger partial charge >= 0.3 is 0 Å². The average molecular weight is 483 g/mol. The van der Waals surface area contributed by atoms with Gasteiger partial charge in [-0.2, -0.15) is 17.9 Å². The molecule has 3 aromatic rings. The summed E-state index contributed by atoms with van der Waals surface area (Å²) >= 11 is 0. The third kappa shape index (κ3) is 4.38. The Bertz CT molecular complexity index is 1290. The summed E-state index contributed by atoms with van der Waals surface area (Å²) in [6.07, 6.45) is 0.311. The predicted molar refractivity (Wildman–Crippen MR) is 128 cm³/mol. The Balaban J connectivity index is 1.88. The number of hydrazone groups is 1. The molecule has 0 radical (unpaired) electrons. The standard InChI is InChI=1S/C25H26N2O6S/c1-30-18-10-11-25(33-4)22(15-18)24-16-23(17-12-19(31-2)14-20(13-17)32-3)26-27(24)34(28,29)21-8-6-5-7-9-21/h5-15,24H,16H2,1-4H3/t24-/m0/s1. The van der Waals surface area contributed by atoms with E-state index in [9.17, 15) is 8.42 Å². The van der Waals surface area contributed by atoms with E-state index in [4.69, 9.17) is 18.9 Å². The highest BCUT2D eigenvalue weighted by Crippen LogP contribution is 2.42. The number of rotatable bonds is 8. The van der Waals surface area contributed by atoms with Crippen LogP contribution in [-0.4, -0.2) is 47.0 Å². The zero-order valence-corrected chi connectivity index (χ0v) is 20.2. The lowest BCUT2D eigenvalue weighted by Crippen LogP contribution is -2.27. The van der Waals surface area contributed by atoms with Crippen LogP contribution in [-0.2, 0) is 10.0 Å². The van der Waals surface area contributed by atoms with Crippen molar-refractivity contribution in [3.05, 3.63) is 77.9 Å². The van der Waals surface area contributed by atoms with Crippen LogP contribution >= 0.6 is 0 Å². The highest BCUT2D eigenvalue weighted by molar-refractivity contribution is 7.89. The molecule has 0 aromatic heterocycles. The predicted octanol–water partition coefficient (Wildman–Crippen LogP) is 4.26. The Morgan fingerprint density at radius 2 is 1.44 bits per heavy atom. The summed E-state index contributed by atoms with van der Waals surface area (Å²) in [6, 6.07) is 18.3. The lowest BCUT2D eigenvalue weighted by Gasteiger charge is -2.25.